The zero-order valence-corrected chi connectivity index (χ0v) is 11.6. The summed E-state index contributed by atoms with van der Waals surface area (Å²) in [5, 5.41) is 0.791. The summed E-state index contributed by atoms with van der Waals surface area (Å²) in [6.07, 6.45) is 0. The first-order chi connectivity index (χ1) is 8.70. The van der Waals surface area contributed by atoms with E-state index in [0.29, 0.717) is 5.69 Å². The Morgan fingerprint density at radius 1 is 1.22 bits per heavy atom. The van der Waals surface area contributed by atoms with Crippen molar-refractivity contribution in [2.75, 3.05) is 12.8 Å². The van der Waals surface area contributed by atoms with Crippen LogP contribution in [0.1, 0.15) is 5.56 Å². The molecule has 2 aromatic rings. The molecule has 0 aliphatic rings. The van der Waals surface area contributed by atoms with E-state index in [9.17, 15) is 0 Å². The number of ether oxygens (including phenoxy) is 1. The summed E-state index contributed by atoms with van der Waals surface area (Å²) < 4.78 is 5.31. The van der Waals surface area contributed by atoms with E-state index in [-0.39, 0.29) is 0 Å². The predicted molar refractivity (Wildman–Crippen MR) is 78.4 cm³/mol. The van der Waals surface area contributed by atoms with Crippen molar-refractivity contribution in [3.8, 4) is 5.75 Å². The molecule has 94 valence electrons. The molecule has 2 nitrogen and oxygen atoms in total. The van der Waals surface area contributed by atoms with Crippen LogP contribution < -0.4 is 10.5 Å². The standard InChI is InChI=1S/C14H14ClNOS/c1-17-13-8-11(16)6-7-14(13)18-9-10-4-2-3-5-12(10)15/h2-8H,9,16H2,1H3. The third kappa shape index (κ3) is 3.12. The average Bonchev–Trinajstić information content (AvgIpc) is 2.39. The Hall–Kier alpha value is -1.32. The van der Waals surface area contributed by atoms with Gasteiger partial charge < -0.3 is 10.5 Å². The summed E-state index contributed by atoms with van der Waals surface area (Å²) >= 11 is 7.81. The summed E-state index contributed by atoms with van der Waals surface area (Å²) in [6, 6.07) is 13.5. The molecule has 18 heavy (non-hydrogen) atoms. The van der Waals surface area contributed by atoms with Crippen molar-refractivity contribution in [3.05, 3.63) is 53.1 Å². The summed E-state index contributed by atoms with van der Waals surface area (Å²) in [5.74, 6) is 1.60. The SMILES string of the molecule is COc1cc(N)ccc1SCc1ccccc1Cl. The number of halogens is 1. The minimum absolute atomic E-state index is 0.703. The second kappa shape index (κ2) is 6.03. The first-order valence-corrected chi connectivity index (χ1v) is 6.87. The number of nitrogen functional groups attached to an aromatic ring is 1. The van der Waals surface area contributed by atoms with Crippen molar-refractivity contribution in [1.29, 1.82) is 0 Å². The minimum atomic E-state index is 0.703. The van der Waals surface area contributed by atoms with E-state index in [1.807, 2.05) is 42.5 Å². The Kier molecular flexibility index (Phi) is 4.39. The van der Waals surface area contributed by atoms with E-state index in [1.165, 1.54) is 0 Å². The number of anilines is 1. The van der Waals surface area contributed by atoms with Crippen LogP contribution in [0.25, 0.3) is 0 Å². The fourth-order valence-corrected chi connectivity index (χ4v) is 2.87. The Balaban J connectivity index is 2.13. The van der Waals surface area contributed by atoms with Gasteiger partial charge >= 0.3 is 0 Å². The molecule has 0 aromatic heterocycles. The average molecular weight is 280 g/mol. The molecule has 2 N–H and O–H groups in total. The van der Waals surface area contributed by atoms with Gasteiger partial charge in [-0.25, -0.2) is 0 Å². The lowest BCUT2D eigenvalue weighted by Crippen LogP contribution is -1.91. The zero-order valence-electron chi connectivity index (χ0n) is 10.0. The molecular weight excluding hydrogens is 266 g/mol. The van der Waals surface area contributed by atoms with Crippen molar-refractivity contribution in [1.82, 2.24) is 0 Å². The number of hydrogen-bond donors (Lipinski definition) is 1. The number of benzene rings is 2. The van der Waals surface area contributed by atoms with Crippen LogP contribution in [0.5, 0.6) is 5.75 Å². The molecule has 0 spiro atoms. The first-order valence-electron chi connectivity index (χ1n) is 5.50. The van der Waals surface area contributed by atoms with Crippen LogP contribution in [0.2, 0.25) is 5.02 Å². The monoisotopic (exact) mass is 279 g/mol. The third-order valence-corrected chi connectivity index (χ3v) is 4.00. The summed E-state index contributed by atoms with van der Waals surface area (Å²) in [5.41, 5.74) is 7.54. The van der Waals surface area contributed by atoms with Gasteiger partial charge in [-0.15, -0.1) is 11.8 Å². The maximum Gasteiger partial charge on any atom is 0.134 e. The highest BCUT2D eigenvalue weighted by molar-refractivity contribution is 7.98. The zero-order chi connectivity index (χ0) is 13.0. The molecule has 4 heteroatoms. The molecule has 0 aliphatic heterocycles. The molecule has 0 atom stereocenters. The molecule has 0 bridgehead atoms. The van der Waals surface area contributed by atoms with E-state index >= 15 is 0 Å². The molecule has 2 rings (SSSR count). The number of methoxy groups -OCH3 is 1. The maximum absolute atomic E-state index is 6.12. The van der Waals surface area contributed by atoms with Gasteiger partial charge in [0.2, 0.25) is 0 Å². The van der Waals surface area contributed by atoms with Gasteiger partial charge in [0.1, 0.15) is 5.75 Å². The molecular formula is C14H14ClNOS. The summed E-state index contributed by atoms with van der Waals surface area (Å²) in [7, 11) is 1.65. The Bertz CT molecular complexity index is 545. The molecule has 0 fully saturated rings. The summed E-state index contributed by atoms with van der Waals surface area (Å²) in [6.45, 7) is 0. The molecule has 0 aliphatic carbocycles. The lowest BCUT2D eigenvalue weighted by Gasteiger charge is -2.09. The lowest BCUT2D eigenvalue weighted by atomic mass is 10.2. The van der Waals surface area contributed by atoms with Gasteiger partial charge in [0.05, 0.1) is 7.11 Å². The number of nitrogens with two attached hydrogens (primary N) is 1. The van der Waals surface area contributed by atoms with Crippen LogP contribution in [0, 0.1) is 0 Å². The van der Waals surface area contributed by atoms with Crippen LogP contribution in [-0.4, -0.2) is 7.11 Å². The van der Waals surface area contributed by atoms with Crippen molar-refractivity contribution >= 4 is 29.1 Å². The van der Waals surface area contributed by atoms with Crippen molar-refractivity contribution in [2.45, 2.75) is 10.6 Å². The van der Waals surface area contributed by atoms with Crippen molar-refractivity contribution in [3.63, 3.8) is 0 Å². The Morgan fingerprint density at radius 2 is 2.00 bits per heavy atom. The van der Waals surface area contributed by atoms with E-state index < -0.39 is 0 Å². The highest BCUT2D eigenvalue weighted by atomic mass is 35.5. The Morgan fingerprint density at radius 3 is 2.72 bits per heavy atom. The van der Waals surface area contributed by atoms with E-state index in [2.05, 4.69) is 0 Å². The maximum atomic E-state index is 6.12. The molecule has 0 radical (unpaired) electrons. The minimum Gasteiger partial charge on any atom is -0.496 e. The smallest absolute Gasteiger partial charge is 0.134 e. The molecule has 0 saturated heterocycles. The van der Waals surface area contributed by atoms with Gasteiger partial charge in [0, 0.05) is 27.4 Å². The second-order valence-electron chi connectivity index (χ2n) is 3.79. The summed E-state index contributed by atoms with van der Waals surface area (Å²) in [4.78, 5) is 1.06. The van der Waals surface area contributed by atoms with E-state index in [0.717, 1.165) is 27.0 Å². The number of thioether (sulfide) groups is 1. The van der Waals surface area contributed by atoms with Crippen LogP contribution in [0.3, 0.4) is 0 Å². The van der Waals surface area contributed by atoms with Gasteiger partial charge in [-0.1, -0.05) is 29.8 Å². The van der Waals surface area contributed by atoms with E-state index in [1.54, 1.807) is 18.9 Å². The van der Waals surface area contributed by atoms with Gasteiger partial charge in [0.25, 0.3) is 0 Å². The molecule has 0 amide bonds. The highest BCUT2D eigenvalue weighted by Gasteiger charge is 2.06. The van der Waals surface area contributed by atoms with Gasteiger partial charge in [0.15, 0.2) is 0 Å². The lowest BCUT2D eigenvalue weighted by molar-refractivity contribution is 0.405. The fraction of sp³-hybridized carbons (Fsp3) is 0.143. The third-order valence-electron chi connectivity index (χ3n) is 2.53. The Labute approximate surface area is 116 Å². The fourth-order valence-electron chi connectivity index (χ4n) is 1.57. The van der Waals surface area contributed by atoms with E-state index in [4.69, 9.17) is 22.1 Å². The number of hydrogen-bond acceptors (Lipinski definition) is 3. The second-order valence-corrected chi connectivity index (χ2v) is 5.21. The van der Waals surface area contributed by atoms with Gasteiger partial charge in [-0.05, 0) is 23.8 Å². The largest absolute Gasteiger partial charge is 0.496 e. The van der Waals surface area contributed by atoms with Crippen molar-refractivity contribution in [2.24, 2.45) is 0 Å². The molecule has 2 aromatic carbocycles. The molecule has 0 unspecified atom stereocenters. The number of rotatable bonds is 4. The van der Waals surface area contributed by atoms with Crippen molar-refractivity contribution < 1.29 is 4.74 Å². The highest BCUT2D eigenvalue weighted by Crippen LogP contribution is 2.34. The van der Waals surface area contributed by atoms with Gasteiger partial charge in [-0.3, -0.25) is 0 Å². The van der Waals surface area contributed by atoms with Crippen LogP contribution in [0.4, 0.5) is 5.69 Å². The quantitative estimate of drug-likeness (QED) is 0.672. The first kappa shape index (κ1) is 13.1. The van der Waals surface area contributed by atoms with Crippen LogP contribution >= 0.6 is 23.4 Å². The molecule has 0 heterocycles. The molecule has 0 saturated carbocycles. The topological polar surface area (TPSA) is 35.2 Å². The van der Waals surface area contributed by atoms with Crippen LogP contribution in [-0.2, 0) is 5.75 Å². The normalized spacial score (nSPS) is 10.3. The van der Waals surface area contributed by atoms with Gasteiger partial charge in [-0.2, -0.15) is 0 Å². The van der Waals surface area contributed by atoms with Crippen LogP contribution in [0.15, 0.2) is 47.4 Å². The predicted octanol–water partition coefficient (Wildman–Crippen LogP) is 4.22.